The van der Waals surface area contributed by atoms with E-state index in [1.807, 2.05) is 0 Å². The average molecular weight is 443 g/mol. The first-order valence-corrected chi connectivity index (χ1v) is 12.1. The minimum Gasteiger partial charge on any atom is -0.398 e. The molecular formula is C32H30N2. The van der Waals surface area contributed by atoms with Crippen molar-refractivity contribution >= 4 is 22.1 Å². The highest BCUT2D eigenvalue weighted by Gasteiger charge is 2.42. The number of benzene rings is 4. The van der Waals surface area contributed by atoms with Gasteiger partial charge in [0, 0.05) is 34.9 Å². The van der Waals surface area contributed by atoms with Crippen molar-refractivity contribution in [2.75, 3.05) is 17.7 Å². The number of rotatable bonds is 3. The Morgan fingerprint density at radius 1 is 0.794 bits per heavy atom. The molecule has 0 spiro atoms. The first-order valence-electron chi connectivity index (χ1n) is 12.1. The van der Waals surface area contributed by atoms with Crippen LogP contribution in [0.15, 0.2) is 102 Å². The van der Waals surface area contributed by atoms with Crippen molar-refractivity contribution in [1.29, 1.82) is 0 Å². The topological polar surface area (TPSA) is 29.3 Å². The summed E-state index contributed by atoms with van der Waals surface area (Å²) in [5.74, 6) is 0. The van der Waals surface area contributed by atoms with E-state index in [0.717, 1.165) is 23.9 Å². The van der Waals surface area contributed by atoms with Gasteiger partial charge in [-0.1, -0.05) is 72.3 Å². The van der Waals surface area contributed by atoms with Crippen molar-refractivity contribution in [1.82, 2.24) is 0 Å². The van der Waals surface area contributed by atoms with E-state index in [-0.39, 0.29) is 5.41 Å². The summed E-state index contributed by atoms with van der Waals surface area (Å²) in [6.45, 7) is 4.57. The molecule has 0 fully saturated rings. The Bertz CT molecular complexity index is 1490. The fraction of sp³-hybridized carbons (Fsp3) is 0.188. The number of hydrogen-bond donors (Lipinski definition) is 1. The Morgan fingerprint density at radius 3 is 2.26 bits per heavy atom. The van der Waals surface area contributed by atoms with Crippen molar-refractivity contribution in [2.45, 2.75) is 32.1 Å². The number of anilines is 2. The zero-order valence-electron chi connectivity index (χ0n) is 20.1. The minimum absolute atomic E-state index is 0.279. The Morgan fingerprint density at radius 2 is 1.53 bits per heavy atom. The van der Waals surface area contributed by atoms with Gasteiger partial charge in [-0.15, -0.1) is 0 Å². The minimum atomic E-state index is -0.279. The fourth-order valence-corrected chi connectivity index (χ4v) is 5.86. The van der Waals surface area contributed by atoms with Crippen LogP contribution < -0.4 is 10.6 Å². The molecule has 34 heavy (non-hydrogen) atoms. The van der Waals surface area contributed by atoms with Crippen LogP contribution in [-0.2, 0) is 5.41 Å². The highest BCUT2D eigenvalue weighted by atomic mass is 15.1. The zero-order chi connectivity index (χ0) is 23.4. The molecule has 0 aliphatic heterocycles. The van der Waals surface area contributed by atoms with Crippen LogP contribution in [0.3, 0.4) is 0 Å². The SMILES string of the molecule is CC1=CC=C(N(C)c2ccc3c(c2)C(C)(c2ccccc2)c2cc(N)c4ccccc4c2-3)CC1. The molecule has 0 saturated carbocycles. The van der Waals surface area contributed by atoms with Crippen LogP contribution in [0, 0.1) is 0 Å². The molecule has 168 valence electrons. The predicted molar refractivity (Wildman–Crippen MR) is 145 cm³/mol. The van der Waals surface area contributed by atoms with Crippen molar-refractivity contribution in [2.24, 2.45) is 0 Å². The average Bonchev–Trinajstić information content (AvgIpc) is 3.13. The second-order valence-electron chi connectivity index (χ2n) is 9.88. The summed E-state index contributed by atoms with van der Waals surface area (Å²) < 4.78 is 0. The van der Waals surface area contributed by atoms with E-state index in [1.54, 1.807) is 0 Å². The van der Waals surface area contributed by atoms with E-state index < -0.39 is 0 Å². The lowest BCUT2D eigenvalue weighted by Crippen LogP contribution is -2.23. The van der Waals surface area contributed by atoms with E-state index in [9.17, 15) is 0 Å². The van der Waals surface area contributed by atoms with Gasteiger partial charge >= 0.3 is 0 Å². The molecule has 6 rings (SSSR count). The summed E-state index contributed by atoms with van der Waals surface area (Å²) in [6, 6.07) is 28.6. The molecule has 2 nitrogen and oxygen atoms in total. The molecule has 0 saturated heterocycles. The molecule has 2 aliphatic rings. The zero-order valence-corrected chi connectivity index (χ0v) is 20.1. The van der Waals surface area contributed by atoms with Gasteiger partial charge < -0.3 is 10.6 Å². The molecule has 0 aromatic heterocycles. The third-order valence-corrected chi connectivity index (χ3v) is 7.93. The van der Waals surface area contributed by atoms with Gasteiger partial charge in [-0.2, -0.15) is 0 Å². The highest BCUT2D eigenvalue weighted by Crippen LogP contribution is 2.56. The fourth-order valence-electron chi connectivity index (χ4n) is 5.86. The van der Waals surface area contributed by atoms with Gasteiger partial charge in [-0.05, 0) is 84.2 Å². The predicted octanol–water partition coefficient (Wildman–Crippen LogP) is 7.82. The normalized spacial score (nSPS) is 18.8. The van der Waals surface area contributed by atoms with Gasteiger partial charge in [0.1, 0.15) is 0 Å². The maximum Gasteiger partial charge on any atom is 0.0437 e. The van der Waals surface area contributed by atoms with Crippen LogP contribution in [0.5, 0.6) is 0 Å². The van der Waals surface area contributed by atoms with Crippen molar-refractivity contribution in [3.05, 3.63) is 119 Å². The maximum absolute atomic E-state index is 6.63. The molecule has 0 bridgehead atoms. The molecule has 0 heterocycles. The molecule has 0 radical (unpaired) electrons. The lowest BCUT2D eigenvalue weighted by atomic mass is 9.74. The number of nitrogen functional groups attached to an aromatic ring is 1. The molecule has 4 aromatic rings. The molecule has 4 aromatic carbocycles. The van der Waals surface area contributed by atoms with Crippen molar-refractivity contribution in [3.8, 4) is 11.1 Å². The van der Waals surface area contributed by atoms with E-state index in [2.05, 4.69) is 117 Å². The Kier molecular flexibility index (Phi) is 4.67. The van der Waals surface area contributed by atoms with Gasteiger partial charge in [-0.25, -0.2) is 0 Å². The van der Waals surface area contributed by atoms with Crippen LogP contribution in [-0.4, -0.2) is 7.05 Å². The van der Waals surface area contributed by atoms with Crippen molar-refractivity contribution < 1.29 is 0 Å². The van der Waals surface area contributed by atoms with E-state index >= 15 is 0 Å². The summed E-state index contributed by atoms with van der Waals surface area (Å²) in [4.78, 5) is 2.35. The van der Waals surface area contributed by atoms with Crippen molar-refractivity contribution in [3.63, 3.8) is 0 Å². The van der Waals surface area contributed by atoms with Crippen LogP contribution in [0.2, 0.25) is 0 Å². The molecule has 0 amide bonds. The van der Waals surface area contributed by atoms with Crippen LogP contribution in [0.4, 0.5) is 11.4 Å². The van der Waals surface area contributed by atoms with Gasteiger partial charge in [-0.3, -0.25) is 0 Å². The lowest BCUT2D eigenvalue weighted by Gasteiger charge is -2.30. The molecular weight excluding hydrogens is 412 g/mol. The number of fused-ring (bicyclic) bond motifs is 5. The third-order valence-electron chi connectivity index (χ3n) is 7.93. The van der Waals surface area contributed by atoms with Gasteiger partial charge in [0.25, 0.3) is 0 Å². The second-order valence-corrected chi connectivity index (χ2v) is 9.88. The molecule has 1 atom stereocenters. The summed E-state index contributed by atoms with van der Waals surface area (Å²) >= 11 is 0. The first-order chi connectivity index (χ1) is 16.5. The molecule has 1 unspecified atom stereocenters. The summed E-state index contributed by atoms with van der Waals surface area (Å²) in [7, 11) is 2.19. The van der Waals surface area contributed by atoms with Crippen LogP contribution in [0.1, 0.15) is 43.4 Å². The molecule has 2 aliphatic carbocycles. The van der Waals surface area contributed by atoms with Crippen LogP contribution >= 0.6 is 0 Å². The van der Waals surface area contributed by atoms with Gasteiger partial charge in [0.05, 0.1) is 0 Å². The summed E-state index contributed by atoms with van der Waals surface area (Å²) in [5, 5.41) is 2.36. The monoisotopic (exact) mass is 442 g/mol. The third kappa shape index (κ3) is 2.95. The maximum atomic E-state index is 6.63. The first kappa shape index (κ1) is 20.8. The van der Waals surface area contributed by atoms with Gasteiger partial charge in [0.15, 0.2) is 0 Å². The number of nitrogens with zero attached hydrogens (tertiary/aromatic N) is 1. The molecule has 2 N–H and O–H groups in total. The summed E-state index contributed by atoms with van der Waals surface area (Å²) in [6.07, 6.45) is 6.72. The number of nitrogens with two attached hydrogens (primary N) is 1. The van der Waals surface area contributed by atoms with E-state index in [0.29, 0.717) is 0 Å². The quantitative estimate of drug-likeness (QED) is 0.328. The highest BCUT2D eigenvalue weighted by molar-refractivity contribution is 6.08. The Labute approximate surface area is 202 Å². The van der Waals surface area contributed by atoms with Crippen LogP contribution in [0.25, 0.3) is 21.9 Å². The second kappa shape index (κ2) is 7.63. The number of hydrogen-bond acceptors (Lipinski definition) is 2. The largest absolute Gasteiger partial charge is 0.398 e. The van der Waals surface area contributed by atoms with Gasteiger partial charge in [0.2, 0.25) is 0 Å². The Hall–Kier alpha value is -3.78. The lowest BCUT2D eigenvalue weighted by molar-refractivity contribution is 0.714. The van der Waals surface area contributed by atoms with E-state index in [1.165, 1.54) is 50.2 Å². The standard InChI is InChI=1S/C32H30N2/c1-21-13-15-23(16-14-21)34(3)24-17-18-27-28(19-24)32(2,22-9-5-4-6-10-22)29-20-30(33)25-11-7-8-12-26(25)31(27)29/h4-13,15,17-20H,14,16,33H2,1-3H3. The van der Waals surface area contributed by atoms with E-state index in [4.69, 9.17) is 5.73 Å². The smallest absolute Gasteiger partial charge is 0.0437 e. The summed E-state index contributed by atoms with van der Waals surface area (Å²) in [5.41, 5.74) is 17.8. The number of allylic oxidation sites excluding steroid dienone is 4. The molecule has 2 heteroatoms. The Balaban J connectivity index is 1.61.